The first-order valence-corrected chi connectivity index (χ1v) is 12.0. The second kappa shape index (κ2) is 9.41. The third-order valence-corrected chi connectivity index (χ3v) is 7.34. The van der Waals surface area contributed by atoms with E-state index in [0.717, 1.165) is 40.7 Å². The van der Waals surface area contributed by atoms with Crippen LogP contribution in [0.25, 0.3) is 11.1 Å². The van der Waals surface area contributed by atoms with Gasteiger partial charge in [0.25, 0.3) is 10.0 Å². The average molecular weight is 527 g/mol. The number of carboxylic acids is 1. The number of fused-ring (bicyclic) bond motifs is 1. The monoisotopic (exact) mass is 527 g/mol. The van der Waals surface area contributed by atoms with Crippen LogP contribution in [-0.4, -0.2) is 32.1 Å². The van der Waals surface area contributed by atoms with Gasteiger partial charge in [0.1, 0.15) is 23.5 Å². The number of hydrogen-bond donors (Lipinski definition) is 1. The fraction of sp³-hybridized carbons (Fsp3) is 0.208. The quantitative estimate of drug-likeness (QED) is 0.430. The number of sulfonamides is 1. The minimum atomic E-state index is -4.79. The summed E-state index contributed by atoms with van der Waals surface area (Å²) in [5.74, 6) is -2.66. The highest BCUT2D eigenvalue weighted by Crippen LogP contribution is 2.41. The van der Waals surface area contributed by atoms with Crippen LogP contribution in [0.1, 0.15) is 18.4 Å². The number of rotatable bonds is 6. The number of halogens is 5. The summed E-state index contributed by atoms with van der Waals surface area (Å²) >= 11 is 0. The SMILES string of the molecule is O=C(O)CCC1CN(S(=O)(=O)c2cccc(C(F)(F)F)c2)c2cc(-c3cc(F)ccc3F)ccc2O1. The molecule has 0 spiro atoms. The van der Waals surface area contributed by atoms with Crippen molar-refractivity contribution in [3.05, 3.63) is 77.9 Å². The van der Waals surface area contributed by atoms with Gasteiger partial charge in [0.15, 0.2) is 0 Å². The molecule has 1 aliphatic heterocycles. The highest BCUT2D eigenvalue weighted by atomic mass is 32.2. The Kier molecular flexibility index (Phi) is 6.65. The molecule has 1 atom stereocenters. The highest BCUT2D eigenvalue weighted by Gasteiger charge is 2.37. The second-order valence-electron chi connectivity index (χ2n) is 8.04. The van der Waals surface area contributed by atoms with Gasteiger partial charge in [0.2, 0.25) is 0 Å². The molecule has 1 N–H and O–H groups in total. The number of alkyl halides is 3. The van der Waals surface area contributed by atoms with Crippen LogP contribution in [0, 0.1) is 11.6 Å². The molecule has 190 valence electrons. The third-order valence-electron chi connectivity index (χ3n) is 5.56. The molecule has 4 rings (SSSR count). The predicted molar refractivity (Wildman–Crippen MR) is 119 cm³/mol. The van der Waals surface area contributed by atoms with Crippen molar-refractivity contribution in [2.75, 3.05) is 10.8 Å². The molecule has 3 aromatic carbocycles. The lowest BCUT2D eigenvalue weighted by Crippen LogP contribution is -2.43. The van der Waals surface area contributed by atoms with Crippen molar-refractivity contribution in [3.8, 4) is 16.9 Å². The normalized spacial score (nSPS) is 15.8. The van der Waals surface area contributed by atoms with E-state index in [1.807, 2.05) is 0 Å². The number of hydrogen-bond acceptors (Lipinski definition) is 4. The van der Waals surface area contributed by atoms with E-state index in [1.54, 1.807) is 0 Å². The summed E-state index contributed by atoms with van der Waals surface area (Å²) in [6.45, 7) is -0.409. The van der Waals surface area contributed by atoms with Gasteiger partial charge in [0.05, 0.1) is 22.7 Å². The van der Waals surface area contributed by atoms with Crippen LogP contribution in [0.5, 0.6) is 5.75 Å². The Morgan fingerprint density at radius 3 is 2.50 bits per heavy atom. The van der Waals surface area contributed by atoms with Crippen molar-refractivity contribution < 1.29 is 45.0 Å². The lowest BCUT2D eigenvalue weighted by Gasteiger charge is -2.36. The molecule has 12 heteroatoms. The molecular weight excluding hydrogens is 509 g/mol. The first kappa shape index (κ1) is 25.4. The summed E-state index contributed by atoms with van der Waals surface area (Å²) < 4.78 is 101. The zero-order chi connectivity index (χ0) is 26.3. The van der Waals surface area contributed by atoms with Crippen molar-refractivity contribution in [3.63, 3.8) is 0 Å². The second-order valence-corrected chi connectivity index (χ2v) is 9.90. The fourth-order valence-corrected chi connectivity index (χ4v) is 5.37. The molecule has 6 nitrogen and oxygen atoms in total. The Labute approximate surface area is 202 Å². The molecule has 0 radical (unpaired) electrons. The minimum absolute atomic E-state index is 0.00671. The molecule has 36 heavy (non-hydrogen) atoms. The van der Waals surface area contributed by atoms with Crippen molar-refractivity contribution >= 4 is 21.7 Å². The summed E-state index contributed by atoms with van der Waals surface area (Å²) in [6, 6.07) is 9.83. The molecule has 1 aliphatic rings. The number of benzene rings is 3. The van der Waals surface area contributed by atoms with Gasteiger partial charge in [-0.25, -0.2) is 17.2 Å². The van der Waals surface area contributed by atoms with E-state index >= 15 is 0 Å². The van der Waals surface area contributed by atoms with Crippen LogP contribution >= 0.6 is 0 Å². The van der Waals surface area contributed by atoms with E-state index in [2.05, 4.69) is 0 Å². The van der Waals surface area contributed by atoms with Gasteiger partial charge in [-0.2, -0.15) is 13.2 Å². The topological polar surface area (TPSA) is 83.9 Å². The predicted octanol–water partition coefficient (Wildman–Crippen LogP) is 5.47. The Balaban J connectivity index is 1.83. The first-order chi connectivity index (χ1) is 16.9. The molecule has 0 fully saturated rings. The molecule has 0 bridgehead atoms. The molecule has 1 unspecified atom stereocenters. The van der Waals surface area contributed by atoms with Crippen LogP contribution in [0.3, 0.4) is 0 Å². The first-order valence-electron chi connectivity index (χ1n) is 10.5. The molecule has 3 aromatic rings. The fourth-order valence-electron chi connectivity index (χ4n) is 3.82. The number of aliphatic carboxylic acids is 1. The van der Waals surface area contributed by atoms with Gasteiger partial charge in [-0.15, -0.1) is 0 Å². The van der Waals surface area contributed by atoms with E-state index in [1.165, 1.54) is 18.2 Å². The van der Waals surface area contributed by atoms with Crippen LogP contribution < -0.4 is 9.04 Å². The van der Waals surface area contributed by atoms with Gasteiger partial charge in [-0.1, -0.05) is 12.1 Å². The van der Waals surface area contributed by atoms with Gasteiger partial charge < -0.3 is 9.84 Å². The van der Waals surface area contributed by atoms with E-state index in [-0.39, 0.29) is 35.4 Å². The number of nitrogens with zero attached hydrogens (tertiary/aromatic N) is 1. The third kappa shape index (κ3) is 5.13. The van der Waals surface area contributed by atoms with E-state index in [4.69, 9.17) is 9.84 Å². The molecule has 1 heterocycles. The van der Waals surface area contributed by atoms with E-state index < -0.39 is 56.9 Å². The van der Waals surface area contributed by atoms with Crippen LogP contribution in [0.2, 0.25) is 0 Å². The Bertz CT molecular complexity index is 1420. The smallest absolute Gasteiger partial charge is 0.416 e. The standard InChI is InChI=1S/C24H18F5NO5S/c25-16-5-7-20(26)19(12-16)14-4-8-22-21(10-14)30(13-17(35-22)6-9-23(31)32)36(33,34)18-3-1-2-15(11-18)24(27,28)29/h1-5,7-8,10-12,17H,6,9,13H2,(H,31,32). The minimum Gasteiger partial charge on any atom is -0.486 e. The number of anilines is 1. The number of carboxylic acid groups (broad SMARTS) is 1. The highest BCUT2D eigenvalue weighted by molar-refractivity contribution is 7.92. The van der Waals surface area contributed by atoms with Crippen molar-refractivity contribution in [1.29, 1.82) is 0 Å². The Morgan fingerprint density at radius 1 is 1.06 bits per heavy atom. The van der Waals surface area contributed by atoms with Gasteiger partial charge in [-0.3, -0.25) is 9.10 Å². The van der Waals surface area contributed by atoms with Gasteiger partial charge >= 0.3 is 12.1 Å². The summed E-state index contributed by atoms with van der Waals surface area (Å²) in [7, 11) is -4.61. The summed E-state index contributed by atoms with van der Waals surface area (Å²) in [5.41, 5.74) is -1.35. The Morgan fingerprint density at radius 2 is 1.81 bits per heavy atom. The number of ether oxygens (including phenoxy) is 1. The van der Waals surface area contributed by atoms with Crippen molar-refractivity contribution in [2.45, 2.75) is 30.0 Å². The van der Waals surface area contributed by atoms with Crippen LogP contribution in [0.15, 0.2) is 65.6 Å². The molecular formula is C24H18F5NO5S. The van der Waals surface area contributed by atoms with Crippen LogP contribution in [-0.2, 0) is 21.0 Å². The lowest BCUT2D eigenvalue weighted by molar-refractivity contribution is -0.138. The molecule has 0 aromatic heterocycles. The van der Waals surface area contributed by atoms with E-state index in [9.17, 15) is 35.2 Å². The summed E-state index contributed by atoms with van der Waals surface area (Å²) in [4.78, 5) is 10.4. The molecule has 0 saturated carbocycles. The Hall–Kier alpha value is -3.67. The van der Waals surface area contributed by atoms with Crippen molar-refractivity contribution in [1.82, 2.24) is 0 Å². The molecule has 0 saturated heterocycles. The molecule has 0 aliphatic carbocycles. The number of carbonyl (C=O) groups is 1. The molecule has 0 amide bonds. The van der Waals surface area contributed by atoms with Crippen molar-refractivity contribution in [2.24, 2.45) is 0 Å². The lowest BCUT2D eigenvalue weighted by atomic mass is 10.0. The zero-order valence-electron chi connectivity index (χ0n) is 18.3. The average Bonchev–Trinajstić information content (AvgIpc) is 2.83. The maximum Gasteiger partial charge on any atom is 0.416 e. The maximum atomic E-state index is 14.4. The maximum absolute atomic E-state index is 14.4. The van der Waals surface area contributed by atoms with E-state index in [0.29, 0.717) is 6.07 Å². The summed E-state index contributed by atoms with van der Waals surface area (Å²) in [6.07, 6.45) is -6.14. The zero-order valence-corrected chi connectivity index (χ0v) is 19.1. The van der Waals surface area contributed by atoms with Gasteiger partial charge in [-0.05, 0) is 60.5 Å². The largest absolute Gasteiger partial charge is 0.486 e. The summed E-state index contributed by atoms with van der Waals surface area (Å²) in [5, 5.41) is 9.00. The van der Waals surface area contributed by atoms with Gasteiger partial charge in [0, 0.05) is 12.0 Å². The van der Waals surface area contributed by atoms with Crippen LogP contribution in [0.4, 0.5) is 27.6 Å².